The van der Waals surface area contributed by atoms with Crippen molar-refractivity contribution in [1.29, 1.82) is 0 Å². The number of pyridine rings is 1. The average molecular weight is 829 g/mol. The number of carboxylic acid groups (broad SMARTS) is 1. The first kappa shape index (κ1) is 41.4. The van der Waals surface area contributed by atoms with Crippen molar-refractivity contribution in [2.24, 2.45) is 16.1 Å². The molecule has 4 aromatic rings. The molecule has 2 atom stereocenters. The first-order valence-corrected chi connectivity index (χ1v) is 19.0. The molecular formula is C40H42F6N8O5. The highest BCUT2D eigenvalue weighted by molar-refractivity contribution is 6.04. The summed E-state index contributed by atoms with van der Waals surface area (Å²) in [5.74, 6) is 0.381. The highest BCUT2D eigenvalue weighted by Gasteiger charge is 2.46. The van der Waals surface area contributed by atoms with Crippen molar-refractivity contribution >= 4 is 39.9 Å². The van der Waals surface area contributed by atoms with Crippen LogP contribution in [0.3, 0.4) is 0 Å². The Bertz CT molecular complexity index is 2300. The number of phenolic OH excluding ortho intramolecular Hbond substituents is 1. The number of alkyl halides is 4. The summed E-state index contributed by atoms with van der Waals surface area (Å²) in [6.45, 7) is 1.06. The molecular weight excluding hydrogens is 786 g/mol. The Kier molecular flexibility index (Phi) is 11.6. The number of ether oxygens (including phenoxy) is 2. The van der Waals surface area contributed by atoms with Crippen molar-refractivity contribution < 1.29 is 50.8 Å². The van der Waals surface area contributed by atoms with Crippen LogP contribution in [0.2, 0.25) is 0 Å². The lowest BCUT2D eigenvalue weighted by atomic mass is 9.95. The van der Waals surface area contributed by atoms with Gasteiger partial charge in [0.15, 0.2) is 11.8 Å². The molecule has 2 unspecified atom stereocenters. The Morgan fingerprint density at radius 2 is 1.76 bits per heavy atom. The van der Waals surface area contributed by atoms with Crippen molar-refractivity contribution in [1.82, 2.24) is 24.8 Å². The van der Waals surface area contributed by atoms with Gasteiger partial charge in [0.25, 0.3) is 6.47 Å². The number of phenols is 1. The van der Waals surface area contributed by atoms with Gasteiger partial charge in [-0.25, -0.2) is 23.1 Å². The molecule has 0 amide bonds. The van der Waals surface area contributed by atoms with E-state index in [9.17, 15) is 22.7 Å². The minimum atomic E-state index is -4.51. The largest absolute Gasteiger partial charge is 0.508 e. The van der Waals surface area contributed by atoms with E-state index in [0.717, 1.165) is 18.9 Å². The highest BCUT2D eigenvalue weighted by Crippen LogP contribution is 2.48. The third kappa shape index (κ3) is 8.54. The average Bonchev–Trinajstić information content (AvgIpc) is 3.92. The number of aromatic nitrogens is 3. The summed E-state index contributed by atoms with van der Waals surface area (Å²) in [5, 5.41) is 18.2. The fourth-order valence-electron chi connectivity index (χ4n) is 8.45. The van der Waals surface area contributed by atoms with Gasteiger partial charge in [-0.1, -0.05) is 12.0 Å². The van der Waals surface area contributed by atoms with E-state index in [0.29, 0.717) is 50.7 Å². The first-order chi connectivity index (χ1) is 28.2. The van der Waals surface area contributed by atoms with Crippen molar-refractivity contribution in [2.75, 3.05) is 57.9 Å². The molecule has 314 valence electrons. The molecule has 3 aliphatic heterocycles. The summed E-state index contributed by atoms with van der Waals surface area (Å²) in [7, 11) is 1.34. The van der Waals surface area contributed by atoms with E-state index >= 15 is 8.78 Å². The van der Waals surface area contributed by atoms with Crippen molar-refractivity contribution in [2.45, 2.75) is 63.0 Å². The number of aliphatic imine (C=N–C) groups is 1. The van der Waals surface area contributed by atoms with E-state index < -0.39 is 30.5 Å². The normalized spacial score (nSPS) is 20.6. The van der Waals surface area contributed by atoms with E-state index in [-0.39, 0.29) is 106 Å². The van der Waals surface area contributed by atoms with Crippen LogP contribution in [-0.2, 0) is 4.79 Å². The standard InChI is InChI=1S/C39H40F6N8O3.CH2O2/c1-3-26-28(41)7-4-21-14-25(54)15-27(29(21)26)32-31(42)33-30(35(48-32)55-2)34(52-16-23-5-6-24(17-52)53(23)36(46)47-18-39(43,44)45)50-37(49-33)56-20-38(10-11-38)19-51-12-8-22(40)9-13-51;2-1-3/h1,4,7,14-15,22-24,54H,5-6,8-13,16-20H2,2H3,(H2,46,47);1H,(H,2,3). The summed E-state index contributed by atoms with van der Waals surface area (Å²) < 4.78 is 97.2. The number of terminal acetylenes is 1. The number of hydrogen-bond acceptors (Lipinski definition) is 10. The van der Waals surface area contributed by atoms with Crippen LogP contribution in [0.25, 0.3) is 32.9 Å². The van der Waals surface area contributed by atoms with Gasteiger partial charge in [0.1, 0.15) is 46.7 Å². The minimum absolute atomic E-state index is 0.00189. The van der Waals surface area contributed by atoms with Gasteiger partial charge in [-0.15, -0.1) is 6.42 Å². The molecule has 1 saturated carbocycles. The zero-order valence-electron chi connectivity index (χ0n) is 32.0. The summed E-state index contributed by atoms with van der Waals surface area (Å²) in [6, 6.07) is 4.40. The van der Waals surface area contributed by atoms with Crippen LogP contribution in [0.4, 0.5) is 32.2 Å². The first-order valence-electron chi connectivity index (χ1n) is 19.0. The van der Waals surface area contributed by atoms with Crippen LogP contribution < -0.4 is 20.1 Å². The number of fused-ring (bicyclic) bond motifs is 4. The minimum Gasteiger partial charge on any atom is -0.508 e. The van der Waals surface area contributed by atoms with Gasteiger partial charge in [0.2, 0.25) is 5.88 Å². The molecule has 2 aromatic carbocycles. The van der Waals surface area contributed by atoms with E-state index in [1.165, 1.54) is 25.3 Å². The lowest BCUT2D eigenvalue weighted by Crippen LogP contribution is -2.58. The number of nitrogens with zero attached hydrogens (tertiary/aromatic N) is 7. The smallest absolute Gasteiger partial charge is 0.408 e. The molecule has 0 spiro atoms. The number of carbonyl (C=O) groups is 1. The van der Waals surface area contributed by atoms with Crippen molar-refractivity contribution in [3.8, 4) is 41.2 Å². The molecule has 13 nitrogen and oxygen atoms in total. The van der Waals surface area contributed by atoms with Crippen LogP contribution in [0, 0.1) is 29.4 Å². The highest BCUT2D eigenvalue weighted by atomic mass is 19.4. The van der Waals surface area contributed by atoms with Crippen molar-refractivity contribution in [3.05, 3.63) is 41.5 Å². The molecule has 4 fully saturated rings. The Morgan fingerprint density at radius 3 is 2.37 bits per heavy atom. The lowest BCUT2D eigenvalue weighted by Gasteiger charge is -2.42. The van der Waals surface area contributed by atoms with Gasteiger partial charge in [0, 0.05) is 61.2 Å². The predicted octanol–water partition coefficient (Wildman–Crippen LogP) is 5.64. The number of piperazine rings is 1. The fraction of sp³-hybridized carbons (Fsp3) is 0.475. The van der Waals surface area contributed by atoms with E-state index in [2.05, 4.69) is 25.8 Å². The number of benzene rings is 2. The topological polar surface area (TPSA) is 163 Å². The van der Waals surface area contributed by atoms with Gasteiger partial charge in [-0.2, -0.15) is 23.1 Å². The maximum absolute atomic E-state index is 17.3. The van der Waals surface area contributed by atoms with Crippen LogP contribution in [0.1, 0.15) is 44.1 Å². The molecule has 2 bridgehead atoms. The Hall–Kier alpha value is -5.77. The van der Waals surface area contributed by atoms with Crippen LogP contribution in [0.5, 0.6) is 17.6 Å². The lowest BCUT2D eigenvalue weighted by molar-refractivity contribution is -0.123. The molecule has 59 heavy (non-hydrogen) atoms. The summed E-state index contributed by atoms with van der Waals surface area (Å²) in [4.78, 5) is 31.7. The zero-order valence-corrected chi connectivity index (χ0v) is 32.0. The van der Waals surface area contributed by atoms with E-state index in [4.69, 9.17) is 36.5 Å². The molecule has 19 heteroatoms. The number of nitrogens with two attached hydrogens (primary N) is 1. The zero-order chi connectivity index (χ0) is 42.2. The molecule has 1 aliphatic carbocycles. The van der Waals surface area contributed by atoms with Gasteiger partial charge < -0.3 is 40.1 Å². The number of methoxy groups -OCH3 is 1. The maximum atomic E-state index is 17.3. The van der Waals surface area contributed by atoms with Gasteiger partial charge >= 0.3 is 12.2 Å². The number of rotatable bonds is 9. The third-order valence-electron chi connectivity index (χ3n) is 11.4. The second-order valence-corrected chi connectivity index (χ2v) is 15.3. The molecule has 2 aromatic heterocycles. The van der Waals surface area contributed by atoms with Crippen molar-refractivity contribution in [3.63, 3.8) is 0 Å². The molecule has 3 saturated heterocycles. The number of aromatic hydroxyl groups is 1. The Labute approximate surface area is 334 Å². The molecule has 5 heterocycles. The van der Waals surface area contributed by atoms with Crippen LogP contribution in [-0.4, -0.2) is 125 Å². The van der Waals surface area contributed by atoms with Crippen LogP contribution in [0.15, 0.2) is 29.3 Å². The second kappa shape index (κ2) is 16.5. The molecule has 4 aliphatic rings. The van der Waals surface area contributed by atoms with E-state index in [1.807, 2.05) is 4.90 Å². The Balaban J connectivity index is 0.00000171. The summed E-state index contributed by atoms with van der Waals surface area (Å²) in [5.41, 5.74) is 5.21. The molecule has 0 radical (unpaired) electrons. The maximum Gasteiger partial charge on any atom is 0.408 e. The van der Waals surface area contributed by atoms with Gasteiger partial charge in [0.05, 0.1) is 19.3 Å². The quantitative estimate of drug-likeness (QED) is 0.0627. The fourth-order valence-corrected chi connectivity index (χ4v) is 8.45. The second-order valence-electron chi connectivity index (χ2n) is 15.3. The number of hydrogen-bond donors (Lipinski definition) is 3. The number of likely N-dealkylation sites (tertiary alicyclic amines) is 1. The summed E-state index contributed by atoms with van der Waals surface area (Å²) in [6.07, 6.45) is 4.34. The third-order valence-corrected chi connectivity index (χ3v) is 11.4. The number of piperidine rings is 1. The number of anilines is 1. The van der Waals surface area contributed by atoms with Gasteiger partial charge in [-0.3, -0.25) is 4.79 Å². The Morgan fingerprint density at radius 1 is 1.08 bits per heavy atom. The number of guanidine groups is 1. The molecule has 8 rings (SSSR count). The van der Waals surface area contributed by atoms with E-state index in [1.54, 1.807) is 4.90 Å². The predicted molar refractivity (Wildman–Crippen MR) is 206 cm³/mol. The van der Waals surface area contributed by atoms with Gasteiger partial charge in [-0.05, 0) is 62.1 Å². The molecule has 4 N–H and O–H groups in total. The van der Waals surface area contributed by atoms with Crippen LogP contribution >= 0.6 is 0 Å². The monoisotopic (exact) mass is 828 g/mol. The summed E-state index contributed by atoms with van der Waals surface area (Å²) >= 11 is 0. The number of halogens is 6. The SMILES string of the molecule is C#Cc1c(F)ccc2cc(O)cc(-c3nc(OC)c4c(N5CC6CCC(C5)N6C(N)=NCC(F)(F)F)nc(OCC5(CN6CCC(F)CC6)CC5)nc4c3F)c12.O=CO.